The lowest BCUT2D eigenvalue weighted by atomic mass is 9.92. The Labute approximate surface area is 478 Å². The molecule has 9 N–H and O–H groups in total. The van der Waals surface area contributed by atoms with Gasteiger partial charge >= 0.3 is 0 Å². The van der Waals surface area contributed by atoms with Gasteiger partial charge in [0.1, 0.15) is 30.2 Å². The predicted molar refractivity (Wildman–Crippen MR) is 310 cm³/mol. The lowest BCUT2D eigenvalue weighted by molar-refractivity contribution is -0.144. The van der Waals surface area contributed by atoms with E-state index in [4.69, 9.17) is 0 Å². The van der Waals surface area contributed by atoms with E-state index < -0.39 is 48.2 Å². The first-order valence-electron chi connectivity index (χ1n) is 29.9. The van der Waals surface area contributed by atoms with Crippen LogP contribution in [0.5, 0.6) is 0 Å². The summed E-state index contributed by atoms with van der Waals surface area (Å²) in [6.07, 6.45) is 10.0. The number of carbonyl (C=O) groups is 8. The van der Waals surface area contributed by atoms with Gasteiger partial charge in [-0.3, -0.25) is 38.4 Å². The lowest BCUT2D eigenvalue weighted by Crippen LogP contribution is -2.59. The predicted octanol–water partition coefficient (Wildman–Crippen LogP) is 4.03. The maximum atomic E-state index is 14.7. The van der Waals surface area contributed by atoms with Crippen LogP contribution >= 0.6 is 0 Å². The van der Waals surface area contributed by atoms with Crippen molar-refractivity contribution in [1.82, 2.24) is 57.7 Å². The van der Waals surface area contributed by atoms with Gasteiger partial charge in [-0.2, -0.15) is 0 Å². The number of likely N-dealkylation sites (N-methyl/N-ethyl adjacent to an activating group) is 2. The van der Waals surface area contributed by atoms with Crippen molar-refractivity contribution in [1.29, 1.82) is 0 Å². The summed E-state index contributed by atoms with van der Waals surface area (Å²) >= 11 is 0. The summed E-state index contributed by atoms with van der Waals surface area (Å²) in [5, 5.41) is 27.8. The lowest BCUT2D eigenvalue weighted by Gasteiger charge is -2.33. The number of fused-ring (bicyclic) bond motifs is 2. The van der Waals surface area contributed by atoms with Crippen molar-refractivity contribution < 1.29 is 38.4 Å². The molecule has 0 radical (unpaired) electrons. The highest BCUT2D eigenvalue weighted by molar-refractivity contribution is 5.97. The number of carbonyl (C=O) groups excluding carboxylic acids is 8. The van der Waals surface area contributed by atoms with Gasteiger partial charge in [0.25, 0.3) is 0 Å². The smallest absolute Gasteiger partial charge is 0.247 e. The number of nitrogens with one attached hydrogen (secondary N) is 9. The SMILES string of the molecule is CC[C@H](NC)C(=O)N[C@@H]1C(=O)N2C(CC[C@@H]1CNCc1ccccc1)CC[C@H]2C(=O)N[C@H](C(=O)NCCCCCCCC(=O)NC[C@H]1CC[C@H]2CC[C@@H](C(=O)NCc3ccccc3)N2C(=O)[C@H]1NC(=O)[C@H](CC)NC)c1ccccc1. The topological polar surface area (TPSA) is 251 Å². The van der Waals surface area contributed by atoms with E-state index in [1.165, 1.54) is 0 Å². The van der Waals surface area contributed by atoms with E-state index in [0.717, 1.165) is 30.4 Å². The van der Waals surface area contributed by atoms with Crippen LogP contribution in [0.25, 0.3) is 0 Å². The van der Waals surface area contributed by atoms with Crippen LogP contribution in [0.3, 0.4) is 0 Å². The van der Waals surface area contributed by atoms with E-state index >= 15 is 0 Å². The number of hydrogen-bond donors (Lipinski definition) is 9. The molecule has 4 aliphatic rings. The maximum absolute atomic E-state index is 14.7. The molecule has 19 nitrogen and oxygen atoms in total. The summed E-state index contributed by atoms with van der Waals surface area (Å²) in [5.74, 6) is -2.81. The normalized spacial score (nSPS) is 23.6. The molecule has 440 valence electrons. The molecule has 1 unspecified atom stereocenters. The van der Waals surface area contributed by atoms with E-state index in [-0.39, 0.29) is 71.8 Å². The van der Waals surface area contributed by atoms with E-state index in [1.807, 2.05) is 92.7 Å². The summed E-state index contributed by atoms with van der Waals surface area (Å²) in [4.78, 5) is 115. The monoisotopic (exact) mass is 1120 g/mol. The van der Waals surface area contributed by atoms with Gasteiger partial charge in [-0.05, 0) is 108 Å². The highest BCUT2D eigenvalue weighted by Gasteiger charge is 2.50. The standard InChI is InChI=1S/C62H89N11O8/c1-5-48(63-3)56(75)70-54-44(39-65-37-41-21-13-10-14-22-41)28-30-47-33-35-51(73(47)61(54)80)59(78)69-53(43-25-17-12-18-26-43)60(79)66-36-20-9-7-8-19-27-52(74)67-40-45-29-31-46-32-34-50(58(77)68-38-42-23-15-11-16-24-42)72(46)62(81)55(45)71-57(76)49(6-2)64-4/h10-18,21-26,44-51,53-55,63-65H,5-9,19-20,27-40H2,1-4H3,(H,66,79)(H,67,74)(H,68,77)(H,69,78)(H,70,75)(H,71,76)/t44-,45-,46+,47?,48+,49+,50+,51+,53+,54+,55+/m1/s1. The second kappa shape index (κ2) is 31.5. The molecule has 4 aliphatic heterocycles. The molecule has 4 heterocycles. The van der Waals surface area contributed by atoms with Crippen molar-refractivity contribution in [3.63, 3.8) is 0 Å². The van der Waals surface area contributed by atoms with E-state index in [9.17, 15) is 38.4 Å². The minimum atomic E-state index is -1.00. The molecule has 0 aliphatic carbocycles. The van der Waals surface area contributed by atoms with Crippen LogP contribution in [0.1, 0.15) is 139 Å². The summed E-state index contributed by atoms with van der Waals surface area (Å²) in [6, 6.07) is 23.2. The van der Waals surface area contributed by atoms with E-state index in [1.54, 1.807) is 36.0 Å². The first kappa shape index (κ1) is 61.9. The molecule has 0 bridgehead atoms. The molecule has 4 saturated heterocycles. The molecule has 0 spiro atoms. The van der Waals surface area contributed by atoms with Crippen LogP contribution in [0, 0.1) is 11.8 Å². The zero-order chi connectivity index (χ0) is 57.7. The number of amides is 8. The minimum Gasteiger partial charge on any atom is -0.356 e. The molecule has 81 heavy (non-hydrogen) atoms. The van der Waals surface area contributed by atoms with Crippen LogP contribution in [0.4, 0.5) is 0 Å². The second-order valence-electron chi connectivity index (χ2n) is 22.4. The van der Waals surface area contributed by atoms with Gasteiger partial charge < -0.3 is 57.7 Å². The molecule has 0 saturated carbocycles. The fourth-order valence-electron chi connectivity index (χ4n) is 12.4. The number of unbranched alkanes of at least 4 members (excludes halogenated alkanes) is 4. The van der Waals surface area contributed by atoms with Gasteiger partial charge in [-0.15, -0.1) is 0 Å². The Kier molecular flexibility index (Phi) is 24.1. The van der Waals surface area contributed by atoms with Gasteiger partial charge in [0.15, 0.2) is 0 Å². The molecular formula is C62H89N11O8. The van der Waals surface area contributed by atoms with Gasteiger partial charge in [0.05, 0.1) is 12.1 Å². The Morgan fingerprint density at radius 3 is 1.54 bits per heavy atom. The third-order valence-electron chi connectivity index (χ3n) is 17.1. The van der Waals surface area contributed by atoms with Crippen molar-refractivity contribution in [3.8, 4) is 0 Å². The highest BCUT2D eigenvalue weighted by atomic mass is 16.2. The maximum Gasteiger partial charge on any atom is 0.247 e. The zero-order valence-electron chi connectivity index (χ0n) is 48.0. The summed E-state index contributed by atoms with van der Waals surface area (Å²) in [6.45, 7) is 5.86. The fraction of sp³-hybridized carbons (Fsp3) is 0.581. The molecule has 0 aromatic heterocycles. The largest absolute Gasteiger partial charge is 0.356 e. The summed E-state index contributed by atoms with van der Waals surface area (Å²) < 4.78 is 0. The molecule has 3 aromatic rings. The van der Waals surface area contributed by atoms with E-state index in [0.29, 0.717) is 115 Å². The van der Waals surface area contributed by atoms with Crippen LogP contribution in [-0.4, -0.2) is 139 Å². The van der Waals surface area contributed by atoms with E-state index in [2.05, 4.69) is 47.9 Å². The van der Waals surface area contributed by atoms with Crippen LogP contribution < -0.4 is 47.9 Å². The van der Waals surface area contributed by atoms with Crippen LogP contribution in [0.2, 0.25) is 0 Å². The van der Waals surface area contributed by atoms with Crippen molar-refractivity contribution in [2.45, 2.75) is 184 Å². The fourth-order valence-corrected chi connectivity index (χ4v) is 12.4. The summed E-state index contributed by atoms with van der Waals surface area (Å²) in [7, 11) is 3.43. The van der Waals surface area contributed by atoms with Crippen molar-refractivity contribution in [2.24, 2.45) is 11.8 Å². The third-order valence-corrected chi connectivity index (χ3v) is 17.1. The molecule has 4 fully saturated rings. The van der Waals surface area contributed by atoms with Gasteiger partial charge in [0, 0.05) is 63.1 Å². The molecule has 3 aromatic carbocycles. The van der Waals surface area contributed by atoms with Crippen LogP contribution in [-0.2, 0) is 51.4 Å². The number of rotatable bonds is 29. The third kappa shape index (κ3) is 16.9. The van der Waals surface area contributed by atoms with Crippen molar-refractivity contribution in [3.05, 3.63) is 108 Å². The number of nitrogens with zero attached hydrogens (tertiary/aromatic N) is 2. The average molecular weight is 1120 g/mol. The average Bonchev–Trinajstić information content (AvgIpc) is 4.10. The first-order chi connectivity index (χ1) is 39.3. The van der Waals surface area contributed by atoms with Crippen LogP contribution in [0.15, 0.2) is 91.0 Å². The quantitative estimate of drug-likeness (QED) is 0.0449. The second-order valence-corrected chi connectivity index (χ2v) is 22.4. The Balaban J connectivity index is 0.872. The Hall–Kier alpha value is -6.70. The molecule has 8 amide bonds. The van der Waals surface area contributed by atoms with Crippen molar-refractivity contribution in [2.75, 3.05) is 33.7 Å². The minimum absolute atomic E-state index is 0.135. The molecule has 11 atom stereocenters. The van der Waals surface area contributed by atoms with Gasteiger partial charge in [-0.1, -0.05) is 124 Å². The summed E-state index contributed by atoms with van der Waals surface area (Å²) in [5.41, 5.74) is 2.69. The zero-order valence-corrected chi connectivity index (χ0v) is 48.0. The molecule has 19 heteroatoms. The Morgan fingerprint density at radius 1 is 0.519 bits per heavy atom. The Bertz CT molecular complexity index is 2530. The first-order valence-corrected chi connectivity index (χ1v) is 29.9. The molecule has 7 rings (SSSR count). The molecular weight excluding hydrogens is 1030 g/mol. The van der Waals surface area contributed by atoms with Gasteiger partial charge in [-0.25, -0.2) is 0 Å². The van der Waals surface area contributed by atoms with Gasteiger partial charge in [0.2, 0.25) is 47.3 Å². The number of benzene rings is 3. The Morgan fingerprint density at radius 2 is 1.00 bits per heavy atom. The highest BCUT2D eigenvalue weighted by Crippen LogP contribution is 2.36. The number of hydrogen-bond acceptors (Lipinski definition) is 11. The van der Waals surface area contributed by atoms with Crippen molar-refractivity contribution >= 4 is 47.3 Å².